The first-order valence-corrected chi connectivity index (χ1v) is 11.5. The van der Waals surface area contributed by atoms with Crippen LogP contribution in [0.5, 0.6) is 5.75 Å². The van der Waals surface area contributed by atoms with Gasteiger partial charge in [-0.1, -0.05) is 29.5 Å². The van der Waals surface area contributed by atoms with Crippen molar-refractivity contribution in [2.75, 3.05) is 51.4 Å². The van der Waals surface area contributed by atoms with Crippen molar-refractivity contribution in [2.24, 2.45) is 0 Å². The number of carbonyl (C=O) groups is 1. The van der Waals surface area contributed by atoms with E-state index in [9.17, 15) is 4.79 Å². The van der Waals surface area contributed by atoms with Gasteiger partial charge in [0.1, 0.15) is 5.75 Å². The number of ether oxygens (including phenoxy) is 2. The number of aryl methyl sites for hydroxylation is 1. The molecule has 0 spiro atoms. The number of amides is 1. The summed E-state index contributed by atoms with van der Waals surface area (Å²) >= 11 is 1.59. The molecule has 31 heavy (non-hydrogen) atoms. The molecule has 164 valence electrons. The van der Waals surface area contributed by atoms with Gasteiger partial charge in [-0.3, -0.25) is 14.6 Å². The molecule has 1 saturated heterocycles. The number of carbonyl (C=O) groups excluding carboxylic acids is 1. The number of benzene rings is 2. The maximum atomic E-state index is 13.3. The fourth-order valence-electron chi connectivity index (χ4n) is 3.75. The van der Waals surface area contributed by atoms with Gasteiger partial charge in [0.25, 0.3) is 0 Å². The molecule has 1 aliphatic rings. The lowest BCUT2D eigenvalue weighted by molar-refractivity contribution is -0.118. The zero-order chi connectivity index (χ0) is 21.6. The molecule has 7 heteroatoms. The molecule has 0 saturated carbocycles. The van der Waals surface area contributed by atoms with Gasteiger partial charge in [-0.2, -0.15) is 0 Å². The van der Waals surface area contributed by atoms with Crippen LogP contribution in [0, 0.1) is 6.92 Å². The number of hydrogen-bond donors (Lipinski definition) is 0. The number of morpholine rings is 1. The van der Waals surface area contributed by atoms with E-state index in [0.29, 0.717) is 13.0 Å². The number of hydrogen-bond acceptors (Lipinski definition) is 6. The van der Waals surface area contributed by atoms with Gasteiger partial charge in [-0.05, 0) is 48.7 Å². The van der Waals surface area contributed by atoms with Crippen LogP contribution in [0.2, 0.25) is 0 Å². The summed E-state index contributed by atoms with van der Waals surface area (Å²) in [5, 5.41) is 0.779. The first-order valence-electron chi connectivity index (χ1n) is 10.7. The minimum Gasteiger partial charge on any atom is -0.497 e. The maximum absolute atomic E-state index is 13.3. The predicted octanol–water partition coefficient (Wildman–Crippen LogP) is 3.91. The smallest absolute Gasteiger partial charge is 0.233 e. The molecule has 1 amide bonds. The Bertz CT molecular complexity index is 1010. The summed E-state index contributed by atoms with van der Waals surface area (Å²) in [6.45, 7) is 7.19. The van der Waals surface area contributed by atoms with Crippen molar-refractivity contribution < 1.29 is 14.3 Å². The molecule has 0 N–H and O–H groups in total. The summed E-state index contributed by atoms with van der Waals surface area (Å²) in [5.74, 6) is 0.864. The summed E-state index contributed by atoms with van der Waals surface area (Å²) < 4.78 is 11.8. The van der Waals surface area contributed by atoms with Crippen LogP contribution in [-0.4, -0.2) is 62.3 Å². The molecule has 6 nitrogen and oxygen atoms in total. The van der Waals surface area contributed by atoms with E-state index in [4.69, 9.17) is 14.5 Å². The van der Waals surface area contributed by atoms with Gasteiger partial charge in [0.05, 0.1) is 37.0 Å². The third-order valence-electron chi connectivity index (χ3n) is 5.54. The first kappa shape index (κ1) is 21.7. The SMILES string of the molecule is COc1ccc(CC(=O)N(CCCN2CCOCC2)c2nc3ccc(C)cc3s2)cc1. The van der Waals surface area contributed by atoms with Gasteiger partial charge in [0.15, 0.2) is 5.13 Å². The van der Waals surface area contributed by atoms with Gasteiger partial charge in [0, 0.05) is 26.2 Å². The van der Waals surface area contributed by atoms with Crippen molar-refractivity contribution >= 4 is 32.6 Å². The van der Waals surface area contributed by atoms with E-state index in [1.165, 1.54) is 5.56 Å². The molecule has 1 fully saturated rings. The number of aromatic nitrogens is 1. The van der Waals surface area contributed by atoms with Crippen molar-refractivity contribution in [3.8, 4) is 5.75 Å². The lowest BCUT2D eigenvalue weighted by atomic mass is 10.1. The maximum Gasteiger partial charge on any atom is 0.233 e. The summed E-state index contributed by atoms with van der Waals surface area (Å²) in [6, 6.07) is 13.9. The molecular weight excluding hydrogens is 410 g/mol. The van der Waals surface area contributed by atoms with Crippen molar-refractivity contribution in [1.82, 2.24) is 9.88 Å². The summed E-state index contributed by atoms with van der Waals surface area (Å²) in [6.07, 6.45) is 1.25. The average molecular weight is 440 g/mol. The van der Waals surface area contributed by atoms with Gasteiger partial charge in [0.2, 0.25) is 5.91 Å². The highest BCUT2D eigenvalue weighted by Gasteiger charge is 2.21. The van der Waals surface area contributed by atoms with Crippen LogP contribution in [0.15, 0.2) is 42.5 Å². The number of fused-ring (bicyclic) bond motifs is 1. The average Bonchev–Trinajstić information content (AvgIpc) is 3.20. The summed E-state index contributed by atoms with van der Waals surface area (Å²) in [7, 11) is 1.64. The standard InChI is InChI=1S/C24H29N3O3S/c1-18-4-9-21-22(16-18)31-24(25-21)27(11-3-10-26-12-14-30-15-13-26)23(28)17-19-5-7-20(29-2)8-6-19/h4-9,16H,3,10-15,17H2,1-2H3. The largest absolute Gasteiger partial charge is 0.497 e. The second-order valence-corrected chi connectivity index (χ2v) is 8.85. The summed E-state index contributed by atoms with van der Waals surface area (Å²) in [4.78, 5) is 22.4. The number of nitrogens with zero attached hydrogens (tertiary/aromatic N) is 3. The Labute approximate surface area is 187 Å². The molecule has 0 unspecified atom stereocenters. The lowest BCUT2D eigenvalue weighted by Crippen LogP contribution is -2.39. The van der Waals surface area contributed by atoms with E-state index in [2.05, 4.69) is 24.0 Å². The fraction of sp³-hybridized carbons (Fsp3) is 0.417. The Kier molecular flexibility index (Phi) is 7.17. The predicted molar refractivity (Wildman–Crippen MR) is 125 cm³/mol. The van der Waals surface area contributed by atoms with Crippen LogP contribution in [0.25, 0.3) is 10.2 Å². The quantitative estimate of drug-likeness (QED) is 0.533. The third kappa shape index (κ3) is 5.61. The second-order valence-electron chi connectivity index (χ2n) is 7.85. The Morgan fingerprint density at radius 1 is 1.19 bits per heavy atom. The number of rotatable bonds is 8. The van der Waals surface area contributed by atoms with E-state index in [-0.39, 0.29) is 5.91 Å². The van der Waals surface area contributed by atoms with Gasteiger partial charge < -0.3 is 9.47 Å². The molecule has 0 bridgehead atoms. The lowest BCUT2D eigenvalue weighted by Gasteiger charge is -2.27. The van der Waals surface area contributed by atoms with E-state index in [1.807, 2.05) is 35.2 Å². The molecule has 0 aliphatic carbocycles. The first-order chi connectivity index (χ1) is 15.1. The van der Waals surface area contributed by atoms with E-state index >= 15 is 0 Å². The number of methoxy groups -OCH3 is 1. The number of anilines is 1. The highest BCUT2D eigenvalue weighted by atomic mass is 32.1. The van der Waals surface area contributed by atoms with E-state index in [0.717, 1.165) is 65.9 Å². The topological polar surface area (TPSA) is 54.9 Å². The van der Waals surface area contributed by atoms with Crippen LogP contribution in [0.1, 0.15) is 17.5 Å². The molecule has 3 aromatic rings. The highest BCUT2D eigenvalue weighted by molar-refractivity contribution is 7.22. The van der Waals surface area contributed by atoms with Gasteiger partial charge >= 0.3 is 0 Å². The van der Waals surface area contributed by atoms with Crippen LogP contribution in [0.3, 0.4) is 0 Å². The fourth-order valence-corrected chi connectivity index (χ4v) is 4.86. The second kappa shape index (κ2) is 10.2. The van der Waals surface area contributed by atoms with Crippen LogP contribution < -0.4 is 9.64 Å². The zero-order valence-corrected chi connectivity index (χ0v) is 19.0. The van der Waals surface area contributed by atoms with Crippen LogP contribution in [-0.2, 0) is 16.0 Å². The Morgan fingerprint density at radius 3 is 2.71 bits per heavy atom. The normalized spacial score (nSPS) is 14.6. The van der Waals surface area contributed by atoms with E-state index < -0.39 is 0 Å². The van der Waals surface area contributed by atoms with Crippen molar-refractivity contribution in [1.29, 1.82) is 0 Å². The molecule has 4 rings (SSSR count). The number of thiazole rings is 1. The Morgan fingerprint density at radius 2 is 1.97 bits per heavy atom. The monoisotopic (exact) mass is 439 g/mol. The summed E-state index contributed by atoms with van der Waals surface area (Å²) in [5.41, 5.74) is 3.12. The van der Waals surface area contributed by atoms with Crippen molar-refractivity contribution in [2.45, 2.75) is 19.8 Å². The van der Waals surface area contributed by atoms with Crippen molar-refractivity contribution in [3.63, 3.8) is 0 Å². The molecular formula is C24H29N3O3S. The van der Waals surface area contributed by atoms with Crippen LogP contribution in [0.4, 0.5) is 5.13 Å². The molecule has 2 heterocycles. The minimum atomic E-state index is 0.0722. The van der Waals surface area contributed by atoms with Crippen LogP contribution >= 0.6 is 11.3 Å². The van der Waals surface area contributed by atoms with Gasteiger partial charge in [-0.15, -0.1) is 0 Å². The minimum absolute atomic E-state index is 0.0722. The molecule has 0 radical (unpaired) electrons. The van der Waals surface area contributed by atoms with Gasteiger partial charge in [-0.25, -0.2) is 4.98 Å². The highest BCUT2D eigenvalue weighted by Crippen LogP contribution is 2.30. The molecule has 1 aliphatic heterocycles. The van der Waals surface area contributed by atoms with E-state index in [1.54, 1.807) is 18.4 Å². The molecule has 0 atom stereocenters. The third-order valence-corrected chi connectivity index (χ3v) is 6.58. The molecule has 1 aromatic heterocycles. The Hall–Kier alpha value is -2.48. The van der Waals surface area contributed by atoms with Crippen molar-refractivity contribution in [3.05, 3.63) is 53.6 Å². The Balaban J connectivity index is 1.50. The zero-order valence-electron chi connectivity index (χ0n) is 18.2. The molecule has 2 aromatic carbocycles.